The highest BCUT2D eigenvalue weighted by atomic mass is 16.5. The number of rotatable bonds is 6. The Morgan fingerprint density at radius 3 is 2.56 bits per heavy atom. The second kappa shape index (κ2) is 6.33. The monoisotopic (exact) mass is 250 g/mol. The van der Waals surface area contributed by atoms with E-state index in [1.165, 1.54) is 0 Å². The molecule has 1 heterocycles. The molecule has 0 fully saturated rings. The second-order valence-corrected chi connectivity index (χ2v) is 4.89. The molecule has 0 amide bonds. The summed E-state index contributed by atoms with van der Waals surface area (Å²) >= 11 is 0. The van der Waals surface area contributed by atoms with Crippen molar-refractivity contribution >= 4 is 5.84 Å². The molecule has 18 heavy (non-hydrogen) atoms. The van der Waals surface area contributed by atoms with Gasteiger partial charge in [0.15, 0.2) is 0 Å². The van der Waals surface area contributed by atoms with Crippen LogP contribution in [0, 0.1) is 25.2 Å². The first-order chi connectivity index (χ1) is 8.43. The molecule has 0 radical (unpaired) electrons. The van der Waals surface area contributed by atoms with Gasteiger partial charge in [0.2, 0.25) is 5.88 Å². The smallest absolute Gasteiger partial charge is 0.244 e. The van der Waals surface area contributed by atoms with Crippen molar-refractivity contribution in [2.75, 3.05) is 6.61 Å². The summed E-state index contributed by atoms with van der Waals surface area (Å²) in [6.07, 6.45) is 2.07. The van der Waals surface area contributed by atoms with Crippen LogP contribution >= 0.6 is 0 Å². The second-order valence-electron chi connectivity index (χ2n) is 4.89. The topological polar surface area (TPSA) is 84.9 Å². The summed E-state index contributed by atoms with van der Waals surface area (Å²) in [5.74, 6) is 1.01. The molecule has 0 aliphatic heterocycles. The molecule has 0 atom stereocenters. The first-order valence-corrected chi connectivity index (χ1v) is 6.24. The highest BCUT2D eigenvalue weighted by molar-refractivity contribution is 5.98. The quantitative estimate of drug-likeness (QED) is 0.460. The van der Waals surface area contributed by atoms with Crippen LogP contribution in [0.5, 0.6) is 5.88 Å². The summed E-state index contributed by atoms with van der Waals surface area (Å²) in [4.78, 5) is 0. The molecule has 0 aromatic carbocycles. The summed E-state index contributed by atoms with van der Waals surface area (Å²) in [6, 6.07) is 0. The Labute approximate surface area is 108 Å². The minimum Gasteiger partial charge on any atom is -0.476 e. The van der Waals surface area contributed by atoms with E-state index in [2.05, 4.69) is 24.0 Å². The van der Waals surface area contributed by atoms with Crippen molar-refractivity contribution in [3.8, 4) is 5.88 Å². The maximum absolute atomic E-state index is 7.59. The van der Waals surface area contributed by atoms with Gasteiger partial charge < -0.3 is 10.5 Å². The van der Waals surface area contributed by atoms with Crippen LogP contribution in [0.2, 0.25) is 0 Å². The number of nitrogens with one attached hydrogen (secondary N) is 1. The predicted octanol–water partition coefficient (Wildman–Crippen LogP) is 2.19. The molecular weight excluding hydrogens is 228 g/mol. The van der Waals surface area contributed by atoms with Crippen LogP contribution in [-0.2, 0) is 0 Å². The number of hydrogen-bond donors (Lipinski definition) is 2. The Kier molecular flexibility index (Phi) is 5.07. The molecule has 0 saturated heterocycles. The summed E-state index contributed by atoms with van der Waals surface area (Å²) in [6.45, 7) is 8.66. The molecule has 0 unspecified atom stereocenters. The number of nitrogen functional groups attached to an aromatic ring is 1. The fourth-order valence-electron chi connectivity index (χ4n) is 1.67. The van der Waals surface area contributed by atoms with Gasteiger partial charge in [-0.25, -0.2) is 0 Å². The molecule has 1 aromatic heterocycles. The van der Waals surface area contributed by atoms with Crippen LogP contribution in [-0.4, -0.2) is 22.6 Å². The molecule has 0 bridgehead atoms. The Balaban J connectivity index is 2.76. The lowest BCUT2D eigenvalue weighted by Gasteiger charge is -2.12. The summed E-state index contributed by atoms with van der Waals surface area (Å²) in [5.41, 5.74) is 7.76. The molecule has 0 spiro atoms. The van der Waals surface area contributed by atoms with Gasteiger partial charge in [0, 0.05) is 0 Å². The van der Waals surface area contributed by atoms with E-state index in [9.17, 15) is 0 Å². The third-order valence-corrected chi connectivity index (χ3v) is 2.86. The molecule has 1 aromatic rings. The Morgan fingerprint density at radius 1 is 1.33 bits per heavy atom. The first kappa shape index (κ1) is 14.4. The van der Waals surface area contributed by atoms with Crippen LogP contribution in [0.15, 0.2) is 0 Å². The standard InChI is InChI=1S/C13H22N4O/c1-8(2)6-5-7-18-13-11(12(14)15)9(3)10(4)16-17-13/h8H,5-7H2,1-4H3,(H3,14,15). The van der Waals surface area contributed by atoms with E-state index in [0.717, 1.165) is 24.1 Å². The zero-order valence-corrected chi connectivity index (χ0v) is 11.6. The fourth-order valence-corrected chi connectivity index (χ4v) is 1.67. The maximum Gasteiger partial charge on any atom is 0.244 e. The number of aromatic nitrogens is 2. The Hall–Kier alpha value is -1.65. The highest BCUT2D eigenvalue weighted by Gasteiger charge is 2.14. The fraction of sp³-hybridized carbons (Fsp3) is 0.615. The molecular formula is C13H22N4O. The molecule has 0 saturated carbocycles. The molecule has 0 aliphatic rings. The van der Waals surface area contributed by atoms with Gasteiger partial charge in [-0.05, 0) is 38.2 Å². The molecule has 5 heteroatoms. The Bertz CT molecular complexity index is 429. The minimum atomic E-state index is -0.0237. The zero-order valence-electron chi connectivity index (χ0n) is 11.6. The van der Waals surface area contributed by atoms with Gasteiger partial charge in [-0.3, -0.25) is 5.41 Å². The third-order valence-electron chi connectivity index (χ3n) is 2.86. The average molecular weight is 250 g/mol. The van der Waals surface area contributed by atoms with E-state index in [1.54, 1.807) is 0 Å². The van der Waals surface area contributed by atoms with Crippen molar-refractivity contribution in [1.29, 1.82) is 5.41 Å². The van der Waals surface area contributed by atoms with Gasteiger partial charge in [-0.2, -0.15) is 5.10 Å². The van der Waals surface area contributed by atoms with E-state index < -0.39 is 0 Å². The van der Waals surface area contributed by atoms with Gasteiger partial charge in [-0.15, -0.1) is 5.10 Å². The SMILES string of the molecule is Cc1nnc(OCCCC(C)C)c(C(=N)N)c1C. The van der Waals surface area contributed by atoms with Crippen molar-refractivity contribution in [3.63, 3.8) is 0 Å². The zero-order chi connectivity index (χ0) is 13.7. The van der Waals surface area contributed by atoms with E-state index in [1.807, 2.05) is 13.8 Å². The van der Waals surface area contributed by atoms with E-state index in [0.29, 0.717) is 24.0 Å². The van der Waals surface area contributed by atoms with Gasteiger partial charge in [0.05, 0.1) is 17.9 Å². The van der Waals surface area contributed by atoms with Crippen LogP contribution < -0.4 is 10.5 Å². The van der Waals surface area contributed by atoms with E-state index in [4.69, 9.17) is 15.9 Å². The highest BCUT2D eigenvalue weighted by Crippen LogP contribution is 2.20. The molecule has 1 rings (SSSR count). The first-order valence-electron chi connectivity index (χ1n) is 6.24. The van der Waals surface area contributed by atoms with Crippen LogP contribution in [0.3, 0.4) is 0 Å². The van der Waals surface area contributed by atoms with Crippen molar-refractivity contribution in [1.82, 2.24) is 10.2 Å². The number of hydrogen-bond acceptors (Lipinski definition) is 4. The molecule has 0 aliphatic carbocycles. The van der Waals surface area contributed by atoms with E-state index >= 15 is 0 Å². The van der Waals surface area contributed by atoms with Crippen molar-refractivity contribution in [2.24, 2.45) is 11.7 Å². The predicted molar refractivity (Wildman–Crippen MR) is 72.1 cm³/mol. The summed E-state index contributed by atoms with van der Waals surface area (Å²) < 4.78 is 5.59. The molecule has 3 N–H and O–H groups in total. The number of amidine groups is 1. The van der Waals surface area contributed by atoms with Gasteiger partial charge in [0.25, 0.3) is 0 Å². The van der Waals surface area contributed by atoms with Gasteiger partial charge in [0.1, 0.15) is 5.84 Å². The lowest BCUT2D eigenvalue weighted by Crippen LogP contribution is -2.18. The van der Waals surface area contributed by atoms with Crippen LogP contribution in [0.4, 0.5) is 0 Å². The number of nitrogens with two attached hydrogens (primary N) is 1. The molecule has 100 valence electrons. The Morgan fingerprint density at radius 2 is 2.00 bits per heavy atom. The number of aryl methyl sites for hydroxylation is 1. The van der Waals surface area contributed by atoms with Crippen molar-refractivity contribution in [2.45, 2.75) is 40.5 Å². The summed E-state index contributed by atoms with van der Waals surface area (Å²) in [5, 5.41) is 15.6. The average Bonchev–Trinajstić information content (AvgIpc) is 2.28. The number of nitrogens with zero attached hydrogens (tertiary/aromatic N) is 2. The molecule has 5 nitrogen and oxygen atoms in total. The summed E-state index contributed by atoms with van der Waals surface area (Å²) in [7, 11) is 0. The lowest BCUT2D eigenvalue weighted by molar-refractivity contribution is 0.283. The van der Waals surface area contributed by atoms with Crippen molar-refractivity contribution < 1.29 is 4.74 Å². The maximum atomic E-state index is 7.59. The van der Waals surface area contributed by atoms with Gasteiger partial charge >= 0.3 is 0 Å². The minimum absolute atomic E-state index is 0.0237. The lowest BCUT2D eigenvalue weighted by atomic mass is 10.1. The van der Waals surface area contributed by atoms with Gasteiger partial charge in [-0.1, -0.05) is 13.8 Å². The largest absolute Gasteiger partial charge is 0.476 e. The third kappa shape index (κ3) is 3.68. The van der Waals surface area contributed by atoms with Crippen LogP contribution in [0.1, 0.15) is 43.5 Å². The van der Waals surface area contributed by atoms with Crippen LogP contribution in [0.25, 0.3) is 0 Å². The van der Waals surface area contributed by atoms with Crippen molar-refractivity contribution in [3.05, 3.63) is 16.8 Å². The normalized spacial score (nSPS) is 10.7. The number of ether oxygens (including phenoxy) is 1. The van der Waals surface area contributed by atoms with E-state index in [-0.39, 0.29) is 5.84 Å².